The topological polar surface area (TPSA) is 49.5 Å². The number of nitrogens with two attached hydrogens (primary N) is 1. The summed E-state index contributed by atoms with van der Waals surface area (Å²) in [5, 5.41) is 9.88. The summed E-state index contributed by atoms with van der Waals surface area (Å²) in [6.07, 6.45) is 2.87. The third-order valence-corrected chi connectivity index (χ3v) is 4.09. The molecule has 1 heterocycles. The zero-order valence-electron chi connectivity index (χ0n) is 12.1. The summed E-state index contributed by atoms with van der Waals surface area (Å²) in [7, 11) is 0. The lowest BCUT2D eigenvalue weighted by Gasteiger charge is -2.34. The summed E-state index contributed by atoms with van der Waals surface area (Å²) in [6, 6.07) is 6.59. The van der Waals surface area contributed by atoms with Crippen molar-refractivity contribution in [2.24, 2.45) is 11.7 Å². The number of piperidine rings is 1. The van der Waals surface area contributed by atoms with Gasteiger partial charge in [-0.2, -0.15) is 0 Å². The van der Waals surface area contributed by atoms with Crippen LogP contribution in [0.2, 0.25) is 0 Å². The van der Waals surface area contributed by atoms with Gasteiger partial charge in [-0.05, 0) is 56.3 Å². The summed E-state index contributed by atoms with van der Waals surface area (Å²) >= 11 is 0. The molecule has 1 fully saturated rings. The van der Waals surface area contributed by atoms with E-state index in [2.05, 4.69) is 4.90 Å². The van der Waals surface area contributed by atoms with Gasteiger partial charge in [-0.25, -0.2) is 4.39 Å². The van der Waals surface area contributed by atoms with Crippen molar-refractivity contribution in [1.82, 2.24) is 4.90 Å². The van der Waals surface area contributed by atoms with Crippen molar-refractivity contribution in [2.45, 2.75) is 38.3 Å². The zero-order chi connectivity index (χ0) is 14.5. The molecule has 0 aliphatic carbocycles. The van der Waals surface area contributed by atoms with Crippen molar-refractivity contribution in [2.75, 3.05) is 19.6 Å². The van der Waals surface area contributed by atoms with Crippen molar-refractivity contribution in [3.63, 3.8) is 0 Å². The zero-order valence-corrected chi connectivity index (χ0v) is 12.1. The molecule has 2 rings (SSSR count). The van der Waals surface area contributed by atoms with Crippen LogP contribution in [0.4, 0.5) is 4.39 Å². The Morgan fingerprint density at radius 2 is 2.10 bits per heavy atom. The second-order valence-corrected chi connectivity index (χ2v) is 6.02. The summed E-state index contributed by atoms with van der Waals surface area (Å²) in [4.78, 5) is 2.30. The molecule has 0 saturated carbocycles. The highest BCUT2D eigenvalue weighted by Crippen LogP contribution is 2.21. The Bertz CT molecular complexity index is 407. The van der Waals surface area contributed by atoms with E-state index in [1.54, 1.807) is 0 Å². The first-order valence-electron chi connectivity index (χ1n) is 7.45. The van der Waals surface area contributed by atoms with E-state index in [9.17, 15) is 9.50 Å². The molecule has 0 amide bonds. The highest BCUT2D eigenvalue weighted by molar-refractivity contribution is 5.16. The Balaban J connectivity index is 1.85. The number of aliphatic hydroxyl groups is 1. The molecule has 0 aromatic heterocycles. The fourth-order valence-corrected chi connectivity index (χ4v) is 2.87. The molecule has 1 aromatic rings. The van der Waals surface area contributed by atoms with E-state index >= 15 is 0 Å². The minimum Gasteiger partial charge on any atom is -0.390 e. The van der Waals surface area contributed by atoms with Gasteiger partial charge in [0.25, 0.3) is 0 Å². The largest absolute Gasteiger partial charge is 0.390 e. The van der Waals surface area contributed by atoms with Crippen LogP contribution < -0.4 is 5.73 Å². The normalized spacial score (nSPS) is 23.5. The number of likely N-dealkylation sites (tertiary alicyclic amines) is 1. The van der Waals surface area contributed by atoms with Gasteiger partial charge in [0, 0.05) is 19.1 Å². The Morgan fingerprint density at radius 3 is 2.75 bits per heavy atom. The fraction of sp³-hybridized carbons (Fsp3) is 0.625. The number of hydrogen-bond donors (Lipinski definition) is 2. The van der Waals surface area contributed by atoms with Gasteiger partial charge in [0.05, 0.1) is 6.10 Å². The number of nitrogens with zero attached hydrogens (tertiary/aromatic N) is 1. The highest BCUT2D eigenvalue weighted by Gasteiger charge is 2.23. The maximum atomic E-state index is 12.9. The number of halogens is 1. The summed E-state index contributed by atoms with van der Waals surface area (Å²) in [5.41, 5.74) is 6.90. The van der Waals surface area contributed by atoms with Gasteiger partial charge >= 0.3 is 0 Å². The first-order chi connectivity index (χ1) is 9.54. The van der Waals surface area contributed by atoms with Crippen molar-refractivity contribution < 1.29 is 9.50 Å². The predicted octanol–water partition coefficient (Wildman–Crippen LogP) is 1.79. The lowest BCUT2D eigenvalue weighted by atomic mass is 9.91. The molecule has 3 unspecified atom stereocenters. The molecule has 3 nitrogen and oxygen atoms in total. The molecule has 1 aliphatic rings. The first kappa shape index (κ1) is 15.4. The fourth-order valence-electron chi connectivity index (χ4n) is 2.87. The van der Waals surface area contributed by atoms with Crippen LogP contribution in [0.5, 0.6) is 0 Å². The average molecular weight is 280 g/mol. The molecule has 20 heavy (non-hydrogen) atoms. The van der Waals surface area contributed by atoms with Crippen LogP contribution in [-0.4, -0.2) is 41.8 Å². The van der Waals surface area contributed by atoms with E-state index in [4.69, 9.17) is 5.73 Å². The molecule has 0 radical (unpaired) electrons. The lowest BCUT2D eigenvalue weighted by Crippen LogP contribution is -2.45. The quantitative estimate of drug-likeness (QED) is 0.864. The third kappa shape index (κ3) is 4.54. The maximum Gasteiger partial charge on any atom is 0.123 e. The van der Waals surface area contributed by atoms with E-state index in [0.29, 0.717) is 12.5 Å². The SMILES string of the molecule is CC(N)C(O)CN1CCCC(Cc2ccc(F)cc2)C1. The van der Waals surface area contributed by atoms with Gasteiger partial charge in [-0.3, -0.25) is 0 Å². The van der Waals surface area contributed by atoms with Crippen LogP contribution in [0.15, 0.2) is 24.3 Å². The van der Waals surface area contributed by atoms with Gasteiger partial charge < -0.3 is 15.7 Å². The van der Waals surface area contributed by atoms with Crippen LogP contribution in [0, 0.1) is 11.7 Å². The minimum atomic E-state index is -0.459. The van der Waals surface area contributed by atoms with Crippen LogP contribution in [0.1, 0.15) is 25.3 Å². The number of aliphatic hydroxyl groups excluding tert-OH is 1. The Morgan fingerprint density at radius 1 is 1.40 bits per heavy atom. The lowest BCUT2D eigenvalue weighted by molar-refractivity contribution is 0.0721. The molecule has 0 bridgehead atoms. The molecule has 112 valence electrons. The monoisotopic (exact) mass is 280 g/mol. The van der Waals surface area contributed by atoms with Crippen LogP contribution in [0.25, 0.3) is 0 Å². The standard InChI is InChI=1S/C16H25FN2O/c1-12(18)16(20)11-19-8-2-3-14(10-19)9-13-4-6-15(17)7-5-13/h4-7,12,14,16,20H,2-3,8-11,18H2,1H3. The minimum absolute atomic E-state index is 0.181. The van der Waals surface area contributed by atoms with E-state index in [0.717, 1.165) is 25.9 Å². The maximum absolute atomic E-state index is 12.9. The Hall–Kier alpha value is -0.970. The molecule has 1 aliphatic heterocycles. The summed E-state index contributed by atoms with van der Waals surface area (Å²) < 4.78 is 12.9. The Labute approximate surface area is 120 Å². The van der Waals surface area contributed by atoms with Gasteiger partial charge in [-0.15, -0.1) is 0 Å². The molecule has 0 spiro atoms. The molecule has 3 atom stereocenters. The molecule has 1 aromatic carbocycles. The molecule has 3 N–H and O–H groups in total. The van der Waals surface area contributed by atoms with E-state index in [-0.39, 0.29) is 11.9 Å². The third-order valence-electron chi connectivity index (χ3n) is 4.09. The average Bonchev–Trinajstić information content (AvgIpc) is 2.42. The van der Waals surface area contributed by atoms with Crippen LogP contribution in [0.3, 0.4) is 0 Å². The smallest absolute Gasteiger partial charge is 0.123 e. The van der Waals surface area contributed by atoms with Gasteiger partial charge in [0.2, 0.25) is 0 Å². The van der Waals surface area contributed by atoms with Crippen molar-refractivity contribution in [3.05, 3.63) is 35.6 Å². The number of benzene rings is 1. The van der Waals surface area contributed by atoms with Crippen molar-refractivity contribution in [3.8, 4) is 0 Å². The predicted molar refractivity (Wildman–Crippen MR) is 78.9 cm³/mol. The van der Waals surface area contributed by atoms with E-state index in [1.807, 2.05) is 19.1 Å². The van der Waals surface area contributed by atoms with E-state index in [1.165, 1.54) is 24.1 Å². The molecule has 1 saturated heterocycles. The number of hydrogen-bond acceptors (Lipinski definition) is 3. The Kier molecular flexibility index (Phi) is 5.52. The van der Waals surface area contributed by atoms with Crippen molar-refractivity contribution in [1.29, 1.82) is 0 Å². The second-order valence-electron chi connectivity index (χ2n) is 6.02. The van der Waals surface area contributed by atoms with Crippen LogP contribution in [-0.2, 0) is 6.42 Å². The van der Waals surface area contributed by atoms with E-state index < -0.39 is 6.10 Å². The van der Waals surface area contributed by atoms with Crippen molar-refractivity contribution >= 4 is 0 Å². The number of rotatable bonds is 5. The summed E-state index contributed by atoms with van der Waals surface area (Å²) in [5.74, 6) is 0.397. The second kappa shape index (κ2) is 7.16. The van der Waals surface area contributed by atoms with Gasteiger partial charge in [-0.1, -0.05) is 12.1 Å². The summed E-state index contributed by atoms with van der Waals surface area (Å²) in [6.45, 7) is 4.51. The highest BCUT2D eigenvalue weighted by atomic mass is 19.1. The molecule has 4 heteroatoms. The van der Waals surface area contributed by atoms with Gasteiger partial charge in [0.15, 0.2) is 0 Å². The van der Waals surface area contributed by atoms with Crippen LogP contribution >= 0.6 is 0 Å². The molecular formula is C16H25FN2O. The first-order valence-corrected chi connectivity index (χ1v) is 7.45. The van der Waals surface area contributed by atoms with Gasteiger partial charge in [0.1, 0.15) is 5.82 Å². The molecular weight excluding hydrogens is 255 g/mol. The number of β-amino-alcohol motifs (C(OH)–C–C–N with tert-alkyl or cyclic N) is 1.